The number of carbonyl (C=O) groups excluding carboxylic acids is 2. The van der Waals surface area contributed by atoms with Crippen molar-refractivity contribution in [2.24, 2.45) is 5.73 Å². The van der Waals surface area contributed by atoms with Crippen molar-refractivity contribution in [1.82, 2.24) is 15.5 Å². The Labute approximate surface area is 229 Å². The summed E-state index contributed by atoms with van der Waals surface area (Å²) in [6.07, 6.45) is 7.37. The molecule has 2 heterocycles. The molecule has 8 nitrogen and oxygen atoms in total. The van der Waals surface area contributed by atoms with Crippen LogP contribution >= 0.6 is 34.7 Å². The summed E-state index contributed by atoms with van der Waals surface area (Å²) in [6.45, 7) is 0. The fourth-order valence-electron chi connectivity index (χ4n) is 5.29. The zero-order valence-electron chi connectivity index (χ0n) is 20.2. The van der Waals surface area contributed by atoms with Gasteiger partial charge in [0, 0.05) is 28.8 Å². The molecule has 11 heteroatoms. The van der Waals surface area contributed by atoms with Crippen molar-refractivity contribution in [3.8, 4) is 6.07 Å². The third-order valence-corrected chi connectivity index (χ3v) is 9.29. The molecule has 1 atom stereocenters. The largest absolute Gasteiger partial charge is 0.384 e. The molecule has 5 rings (SSSR count). The Kier molecular flexibility index (Phi) is 7.84. The maximum absolute atomic E-state index is 13.2. The molecule has 192 valence electrons. The molecule has 1 aromatic carbocycles. The van der Waals surface area contributed by atoms with Crippen LogP contribution in [0, 0.1) is 11.3 Å². The Morgan fingerprint density at radius 1 is 1.19 bits per heavy atom. The van der Waals surface area contributed by atoms with Gasteiger partial charge in [-0.1, -0.05) is 66.1 Å². The molecule has 2 aromatic rings. The number of nitrogens with one attached hydrogen (secondary N) is 1. The topological polar surface area (TPSA) is 125 Å². The summed E-state index contributed by atoms with van der Waals surface area (Å²) in [6, 6.07) is 9.67. The molecule has 1 aromatic heterocycles. The van der Waals surface area contributed by atoms with Crippen LogP contribution in [0.3, 0.4) is 0 Å². The van der Waals surface area contributed by atoms with Crippen molar-refractivity contribution >= 4 is 51.5 Å². The van der Waals surface area contributed by atoms with E-state index in [0.717, 1.165) is 36.9 Å². The van der Waals surface area contributed by atoms with E-state index < -0.39 is 5.92 Å². The molecule has 0 spiro atoms. The second-order valence-corrected chi connectivity index (χ2v) is 12.0. The van der Waals surface area contributed by atoms with E-state index in [1.807, 2.05) is 12.1 Å². The highest BCUT2D eigenvalue weighted by molar-refractivity contribution is 8.01. The van der Waals surface area contributed by atoms with E-state index in [2.05, 4.69) is 21.6 Å². The van der Waals surface area contributed by atoms with Crippen molar-refractivity contribution < 1.29 is 9.59 Å². The molecule has 1 aliphatic heterocycles. The van der Waals surface area contributed by atoms with E-state index in [1.165, 1.54) is 29.5 Å². The molecule has 37 heavy (non-hydrogen) atoms. The highest BCUT2D eigenvalue weighted by atomic mass is 35.5. The number of ketones is 1. The van der Waals surface area contributed by atoms with Gasteiger partial charge >= 0.3 is 0 Å². The van der Waals surface area contributed by atoms with E-state index in [0.29, 0.717) is 44.9 Å². The summed E-state index contributed by atoms with van der Waals surface area (Å²) < 4.78 is 0.629. The molecule has 0 radical (unpaired) electrons. The number of rotatable bonds is 6. The number of nitrogens with two attached hydrogens (primary N) is 1. The standard InChI is InChI=1S/C26H27ClN6O2S2/c27-16-11-9-15(10-12-16)22-18(13-28)24(29)33(19-7-4-8-20(34)23(19)22)25-31-32-26(37-25)36-14-21(35)30-17-5-2-1-3-6-17/h9-12,17,22H,1-8,14,29H2,(H,30,35). The highest BCUT2D eigenvalue weighted by Gasteiger charge is 2.41. The van der Waals surface area contributed by atoms with Crippen LogP contribution < -0.4 is 16.0 Å². The minimum absolute atomic E-state index is 0.00458. The van der Waals surface area contributed by atoms with E-state index in [9.17, 15) is 14.9 Å². The SMILES string of the molecule is N#CC1=C(N)N(c2nnc(SCC(=O)NC3CCCCC3)s2)C2=C(C(=O)CCC2)C1c1ccc(Cl)cc1. The maximum atomic E-state index is 13.2. The van der Waals surface area contributed by atoms with Crippen molar-refractivity contribution in [3.63, 3.8) is 0 Å². The number of halogens is 1. The van der Waals surface area contributed by atoms with Gasteiger partial charge in [0.05, 0.1) is 23.3 Å². The zero-order valence-corrected chi connectivity index (χ0v) is 22.6. The number of nitrogens with zero attached hydrogens (tertiary/aromatic N) is 4. The Balaban J connectivity index is 1.40. The first-order valence-corrected chi connectivity index (χ1v) is 14.6. The monoisotopic (exact) mass is 554 g/mol. The molecule has 2 aliphatic carbocycles. The van der Waals surface area contributed by atoms with Crippen LogP contribution in [0.2, 0.25) is 5.02 Å². The summed E-state index contributed by atoms with van der Waals surface area (Å²) in [7, 11) is 0. The minimum Gasteiger partial charge on any atom is -0.384 e. The van der Waals surface area contributed by atoms with Crippen LogP contribution in [-0.2, 0) is 9.59 Å². The molecule has 3 N–H and O–H groups in total. The molecule has 1 fully saturated rings. The molecule has 0 saturated heterocycles. The number of hydrogen-bond donors (Lipinski definition) is 2. The van der Waals surface area contributed by atoms with Crippen LogP contribution in [0.4, 0.5) is 5.13 Å². The molecule has 1 saturated carbocycles. The second kappa shape index (κ2) is 11.3. The van der Waals surface area contributed by atoms with E-state index in [1.54, 1.807) is 17.0 Å². The first-order valence-electron chi connectivity index (χ1n) is 12.4. The van der Waals surface area contributed by atoms with Crippen molar-refractivity contribution in [1.29, 1.82) is 5.26 Å². The molecular formula is C26H27ClN6O2S2. The fraction of sp³-hybridized carbons (Fsp3) is 0.423. The smallest absolute Gasteiger partial charge is 0.230 e. The lowest BCUT2D eigenvalue weighted by molar-refractivity contribution is -0.119. The predicted octanol–water partition coefficient (Wildman–Crippen LogP) is 5.04. The highest BCUT2D eigenvalue weighted by Crippen LogP contribution is 2.47. The zero-order chi connectivity index (χ0) is 25.9. The Morgan fingerprint density at radius 3 is 2.68 bits per heavy atom. The minimum atomic E-state index is -0.549. The van der Waals surface area contributed by atoms with Gasteiger partial charge in [-0.3, -0.25) is 14.5 Å². The lowest BCUT2D eigenvalue weighted by atomic mass is 9.76. The van der Waals surface area contributed by atoms with Crippen LogP contribution in [-0.4, -0.2) is 33.7 Å². The summed E-state index contributed by atoms with van der Waals surface area (Å²) >= 11 is 8.71. The number of carbonyl (C=O) groups is 2. The number of hydrogen-bond acceptors (Lipinski definition) is 9. The summed E-state index contributed by atoms with van der Waals surface area (Å²) in [4.78, 5) is 27.4. The summed E-state index contributed by atoms with van der Waals surface area (Å²) in [5.41, 5.74) is 9.02. The third kappa shape index (κ3) is 5.40. The van der Waals surface area contributed by atoms with Crippen molar-refractivity contribution in [2.75, 3.05) is 10.7 Å². The van der Waals surface area contributed by atoms with Crippen LogP contribution in [0.25, 0.3) is 0 Å². The molecule has 1 unspecified atom stereocenters. The van der Waals surface area contributed by atoms with Gasteiger partial charge in [0.25, 0.3) is 0 Å². The number of aromatic nitrogens is 2. The van der Waals surface area contributed by atoms with Gasteiger partial charge in [-0.25, -0.2) is 0 Å². The second-order valence-electron chi connectivity index (χ2n) is 9.41. The predicted molar refractivity (Wildman–Crippen MR) is 145 cm³/mol. The molecule has 3 aliphatic rings. The summed E-state index contributed by atoms with van der Waals surface area (Å²) in [5.74, 6) is -0.0491. The number of anilines is 1. The maximum Gasteiger partial charge on any atom is 0.230 e. The van der Waals surface area contributed by atoms with Gasteiger partial charge < -0.3 is 11.1 Å². The first kappa shape index (κ1) is 25.8. The van der Waals surface area contributed by atoms with Gasteiger partial charge in [0.2, 0.25) is 11.0 Å². The van der Waals surface area contributed by atoms with Crippen LogP contribution in [0.5, 0.6) is 0 Å². The molecule has 0 bridgehead atoms. The van der Waals surface area contributed by atoms with Gasteiger partial charge in [-0.05, 0) is 43.4 Å². The van der Waals surface area contributed by atoms with Crippen molar-refractivity contribution in [3.05, 3.63) is 57.5 Å². The molecule has 1 amide bonds. The van der Waals surface area contributed by atoms with Gasteiger partial charge in [-0.2, -0.15) is 5.26 Å². The average Bonchev–Trinajstić information content (AvgIpc) is 3.36. The average molecular weight is 555 g/mol. The van der Waals surface area contributed by atoms with Gasteiger partial charge in [0.15, 0.2) is 10.1 Å². The number of amides is 1. The number of thioether (sulfide) groups is 1. The van der Waals surface area contributed by atoms with E-state index in [4.69, 9.17) is 17.3 Å². The van der Waals surface area contributed by atoms with E-state index in [-0.39, 0.29) is 29.3 Å². The lowest BCUT2D eigenvalue weighted by Gasteiger charge is -2.38. The number of Topliss-reactive ketones (excluding diaryl/α,β-unsaturated/α-hetero) is 1. The lowest BCUT2D eigenvalue weighted by Crippen LogP contribution is -2.38. The fourth-order valence-corrected chi connectivity index (χ4v) is 7.11. The van der Waals surface area contributed by atoms with Crippen molar-refractivity contribution in [2.45, 2.75) is 67.7 Å². The number of allylic oxidation sites excluding steroid dienone is 3. The quantitative estimate of drug-likeness (QED) is 0.476. The van der Waals surface area contributed by atoms with Crippen LogP contribution in [0.1, 0.15) is 62.8 Å². The van der Waals surface area contributed by atoms with Crippen LogP contribution in [0.15, 0.2) is 51.3 Å². The summed E-state index contributed by atoms with van der Waals surface area (Å²) in [5, 5.41) is 22.9. The van der Waals surface area contributed by atoms with Gasteiger partial charge in [-0.15, -0.1) is 10.2 Å². The Hall–Kier alpha value is -2.87. The number of benzene rings is 1. The Bertz CT molecular complexity index is 1310. The van der Waals surface area contributed by atoms with E-state index >= 15 is 0 Å². The third-order valence-electron chi connectivity index (χ3n) is 7.00. The first-order chi connectivity index (χ1) is 18.0. The number of nitriles is 1. The van der Waals surface area contributed by atoms with Gasteiger partial charge in [0.1, 0.15) is 5.82 Å². The molecular weight excluding hydrogens is 528 g/mol. The Morgan fingerprint density at radius 2 is 1.95 bits per heavy atom. The normalized spacial score (nSPS) is 20.6.